The predicted octanol–water partition coefficient (Wildman–Crippen LogP) is 7.99. The molecule has 0 bridgehead atoms. The molecule has 3 aromatic carbocycles. The molecule has 7 nitrogen and oxygen atoms in total. The minimum atomic E-state index is -0.619. The van der Waals surface area contributed by atoms with Crippen LogP contribution < -0.4 is 9.47 Å². The summed E-state index contributed by atoms with van der Waals surface area (Å²) < 4.78 is 19.5. The van der Waals surface area contributed by atoms with E-state index in [1.165, 1.54) is 17.3 Å². The minimum absolute atomic E-state index is 0.0512. The summed E-state index contributed by atoms with van der Waals surface area (Å²) in [5.74, 6) is 0.750. The van der Waals surface area contributed by atoms with Crippen LogP contribution in [-0.4, -0.2) is 41.0 Å². The van der Waals surface area contributed by atoms with Crippen molar-refractivity contribution in [3.05, 3.63) is 105 Å². The van der Waals surface area contributed by atoms with Gasteiger partial charge in [-0.25, -0.2) is 9.79 Å². The van der Waals surface area contributed by atoms with Crippen molar-refractivity contribution in [3.63, 3.8) is 0 Å². The average Bonchev–Trinajstić information content (AvgIpc) is 3.46. The van der Waals surface area contributed by atoms with Crippen LogP contribution in [0.1, 0.15) is 18.1 Å². The Kier molecular flexibility index (Phi) is 8.85. The first-order valence-electron chi connectivity index (χ1n) is 13.1. The maximum absolute atomic E-state index is 12.9. The van der Waals surface area contributed by atoms with Gasteiger partial charge in [-0.2, -0.15) is 0 Å². The molecule has 0 radical (unpaired) electrons. The summed E-state index contributed by atoms with van der Waals surface area (Å²) in [5.41, 5.74) is 3.77. The summed E-state index contributed by atoms with van der Waals surface area (Å²) in [6.45, 7) is 5.07. The van der Waals surface area contributed by atoms with Gasteiger partial charge in [-0.05, 0) is 74.5 Å². The largest absolute Gasteiger partial charge is 0.506 e. The first kappa shape index (κ1) is 28.6. The highest BCUT2D eigenvalue weighted by atomic mass is 79.9. The van der Waals surface area contributed by atoms with Gasteiger partial charge >= 0.3 is 5.97 Å². The van der Waals surface area contributed by atoms with Crippen LogP contribution in [0.15, 0.2) is 98.6 Å². The topological polar surface area (TPSA) is 82.3 Å². The van der Waals surface area contributed by atoms with Crippen molar-refractivity contribution in [2.24, 2.45) is 4.99 Å². The van der Waals surface area contributed by atoms with Gasteiger partial charge in [0.2, 0.25) is 0 Å². The van der Waals surface area contributed by atoms with Crippen LogP contribution in [0.3, 0.4) is 0 Å². The molecule has 1 aliphatic rings. The summed E-state index contributed by atoms with van der Waals surface area (Å²) >= 11 is 4.81. The second kappa shape index (κ2) is 12.7. The molecule has 0 unspecified atom stereocenters. The number of nitrogens with zero attached hydrogens (tertiary/aromatic N) is 2. The Bertz CT molecular complexity index is 1670. The number of benzene rings is 3. The van der Waals surface area contributed by atoms with Crippen molar-refractivity contribution in [1.82, 2.24) is 4.57 Å². The number of methoxy groups -OCH3 is 1. The fourth-order valence-corrected chi connectivity index (χ4v) is 5.79. The van der Waals surface area contributed by atoms with Crippen LogP contribution in [0.2, 0.25) is 0 Å². The third kappa shape index (κ3) is 6.52. The fourth-order valence-electron chi connectivity index (χ4n) is 4.40. The Hall–Kier alpha value is -3.95. The molecule has 9 heteroatoms. The molecule has 2 heterocycles. The van der Waals surface area contributed by atoms with Crippen molar-refractivity contribution < 1.29 is 24.1 Å². The van der Waals surface area contributed by atoms with Gasteiger partial charge in [-0.1, -0.05) is 45.4 Å². The monoisotopic (exact) mass is 632 g/mol. The standard InChI is InChI=1S/C32H29BrN2O5S/c1-4-39-32(37)29-30(36)28(41-31(29)34-23-8-12-24(38-3)13-9-23)17-21-19-35(27-14-7-22(33)18-26(21)27)15-16-40-25-10-5-20(2)6-11-25/h5-14,17-19,36H,4,15-16H2,1-3H3/b28-17-,34-31?. The number of aliphatic hydroxyl groups is 1. The van der Waals surface area contributed by atoms with E-state index in [0.29, 0.717) is 34.5 Å². The van der Waals surface area contributed by atoms with E-state index in [9.17, 15) is 9.90 Å². The summed E-state index contributed by atoms with van der Waals surface area (Å²) in [5, 5.41) is 12.6. The van der Waals surface area contributed by atoms with Crippen LogP contribution in [0, 0.1) is 6.92 Å². The Morgan fingerprint density at radius 1 is 1.07 bits per heavy atom. The quantitative estimate of drug-likeness (QED) is 0.188. The lowest BCUT2D eigenvalue weighted by molar-refractivity contribution is -0.138. The van der Waals surface area contributed by atoms with Gasteiger partial charge in [-0.3, -0.25) is 0 Å². The number of thioether (sulfide) groups is 1. The third-order valence-electron chi connectivity index (χ3n) is 6.46. The van der Waals surface area contributed by atoms with Gasteiger partial charge in [0.05, 0.1) is 30.9 Å². The van der Waals surface area contributed by atoms with Crippen LogP contribution >= 0.6 is 27.7 Å². The first-order valence-corrected chi connectivity index (χ1v) is 14.7. The SMILES string of the molecule is CCOC(=O)C1=C(O)/C(=C/c2cn(CCOc3ccc(C)cc3)c3ccc(Br)cc23)SC1=Nc1ccc(OC)cc1. The predicted molar refractivity (Wildman–Crippen MR) is 168 cm³/mol. The van der Waals surface area contributed by atoms with Crippen LogP contribution in [0.25, 0.3) is 17.0 Å². The lowest BCUT2D eigenvalue weighted by Crippen LogP contribution is -2.12. The van der Waals surface area contributed by atoms with E-state index in [1.54, 1.807) is 38.3 Å². The fraction of sp³-hybridized carbons (Fsp3) is 0.188. The first-order chi connectivity index (χ1) is 19.9. The Labute approximate surface area is 251 Å². The molecule has 41 heavy (non-hydrogen) atoms. The highest BCUT2D eigenvalue weighted by molar-refractivity contribution is 9.10. The number of hydrogen-bond donors (Lipinski definition) is 1. The number of aliphatic hydroxyl groups excluding tert-OH is 1. The van der Waals surface area contributed by atoms with Gasteiger partial charge in [0.1, 0.15) is 34.5 Å². The van der Waals surface area contributed by atoms with Crippen LogP contribution in [-0.2, 0) is 16.1 Å². The molecule has 0 atom stereocenters. The zero-order chi connectivity index (χ0) is 28.9. The maximum Gasteiger partial charge on any atom is 0.344 e. The van der Waals surface area contributed by atoms with Crippen molar-refractivity contribution in [2.75, 3.05) is 20.3 Å². The molecule has 1 aliphatic heterocycles. The highest BCUT2D eigenvalue weighted by Crippen LogP contribution is 2.41. The summed E-state index contributed by atoms with van der Waals surface area (Å²) in [4.78, 5) is 18.0. The van der Waals surface area contributed by atoms with Crippen molar-refractivity contribution >= 4 is 61.4 Å². The van der Waals surface area contributed by atoms with Crippen molar-refractivity contribution in [2.45, 2.75) is 20.4 Å². The third-order valence-corrected chi connectivity index (χ3v) is 7.97. The molecule has 0 saturated carbocycles. The zero-order valence-corrected chi connectivity index (χ0v) is 25.3. The van der Waals surface area contributed by atoms with Gasteiger partial charge in [-0.15, -0.1) is 0 Å². The summed E-state index contributed by atoms with van der Waals surface area (Å²) in [6, 6.07) is 21.2. The van der Waals surface area contributed by atoms with E-state index in [0.717, 1.165) is 26.7 Å². The minimum Gasteiger partial charge on any atom is -0.506 e. The van der Waals surface area contributed by atoms with Gasteiger partial charge < -0.3 is 23.9 Å². The maximum atomic E-state index is 12.9. The van der Waals surface area contributed by atoms with E-state index >= 15 is 0 Å². The molecule has 0 saturated heterocycles. The van der Waals surface area contributed by atoms with Gasteiger partial charge in [0, 0.05) is 27.1 Å². The second-order valence-electron chi connectivity index (χ2n) is 9.27. The number of aromatic nitrogens is 1. The number of esters is 1. The number of ether oxygens (including phenoxy) is 3. The lowest BCUT2D eigenvalue weighted by atomic mass is 10.1. The Balaban J connectivity index is 1.48. The van der Waals surface area contributed by atoms with E-state index in [2.05, 4.69) is 25.5 Å². The van der Waals surface area contributed by atoms with Crippen LogP contribution in [0.4, 0.5) is 5.69 Å². The number of fused-ring (bicyclic) bond motifs is 1. The molecule has 4 aromatic rings. The molecule has 210 valence electrons. The average molecular weight is 634 g/mol. The number of hydrogen-bond acceptors (Lipinski definition) is 7. The zero-order valence-electron chi connectivity index (χ0n) is 22.9. The van der Waals surface area contributed by atoms with E-state index in [-0.39, 0.29) is 17.9 Å². The highest BCUT2D eigenvalue weighted by Gasteiger charge is 2.33. The number of carbonyl (C=O) groups is 1. The summed E-state index contributed by atoms with van der Waals surface area (Å²) in [7, 11) is 1.59. The van der Waals surface area contributed by atoms with E-state index in [4.69, 9.17) is 14.2 Å². The lowest BCUT2D eigenvalue weighted by Gasteiger charge is -2.08. The van der Waals surface area contributed by atoms with Crippen molar-refractivity contribution in [3.8, 4) is 11.5 Å². The number of carbonyl (C=O) groups excluding carboxylic acids is 1. The molecular weight excluding hydrogens is 604 g/mol. The molecule has 1 aromatic heterocycles. The van der Waals surface area contributed by atoms with Gasteiger partial charge in [0.15, 0.2) is 0 Å². The van der Waals surface area contributed by atoms with Gasteiger partial charge in [0.25, 0.3) is 0 Å². The van der Waals surface area contributed by atoms with Crippen LogP contribution in [0.5, 0.6) is 11.5 Å². The number of aliphatic imine (C=N–C) groups is 1. The molecule has 0 fully saturated rings. The summed E-state index contributed by atoms with van der Waals surface area (Å²) in [6.07, 6.45) is 3.90. The van der Waals surface area contributed by atoms with Crippen molar-refractivity contribution in [1.29, 1.82) is 0 Å². The molecule has 0 aliphatic carbocycles. The molecule has 1 N–H and O–H groups in total. The molecule has 0 spiro atoms. The number of halogens is 1. The Morgan fingerprint density at radius 2 is 1.80 bits per heavy atom. The molecular formula is C32H29BrN2O5S. The number of aryl methyl sites for hydroxylation is 1. The second-order valence-corrected chi connectivity index (χ2v) is 11.2. The normalized spacial score (nSPS) is 15.2. The molecule has 5 rings (SSSR count). The smallest absolute Gasteiger partial charge is 0.344 e. The number of rotatable bonds is 9. The van der Waals surface area contributed by atoms with E-state index in [1.807, 2.05) is 61.7 Å². The Morgan fingerprint density at radius 3 is 2.51 bits per heavy atom. The molecule has 0 amide bonds. The van der Waals surface area contributed by atoms with E-state index < -0.39 is 5.97 Å².